The predicted molar refractivity (Wildman–Crippen MR) is 180 cm³/mol. The summed E-state index contributed by atoms with van der Waals surface area (Å²) in [5.74, 6) is 0. The summed E-state index contributed by atoms with van der Waals surface area (Å²) >= 11 is 0. The summed E-state index contributed by atoms with van der Waals surface area (Å²) in [6, 6.07) is 62.9. The second-order valence-electron chi connectivity index (χ2n) is 9.85. The maximum Gasteiger partial charge on any atom is 0 e. The van der Waals surface area contributed by atoms with Crippen molar-refractivity contribution in [2.45, 2.75) is 0 Å². The maximum absolute atomic E-state index is 3.40. The molecule has 6 aromatic carbocycles. The Morgan fingerprint density at radius 1 is 0.304 bits per heavy atom. The predicted octanol–water partition coefficient (Wildman–Crippen LogP) is 10.5. The van der Waals surface area contributed by atoms with Gasteiger partial charge >= 0.3 is 0 Å². The molecule has 0 saturated carbocycles. The molecule has 0 amide bonds. The van der Waals surface area contributed by atoms with Gasteiger partial charge in [-0.05, 0) is 16.7 Å². The Morgan fingerprint density at radius 2 is 0.522 bits per heavy atom. The van der Waals surface area contributed by atoms with E-state index in [0.29, 0.717) is 0 Å². The summed E-state index contributed by atoms with van der Waals surface area (Å²) in [6.45, 7) is 0. The van der Waals surface area contributed by atoms with E-state index >= 15 is 0 Å². The van der Waals surface area contributed by atoms with E-state index in [1.54, 1.807) is 0 Å². The summed E-state index contributed by atoms with van der Waals surface area (Å²) in [5, 5.41) is 0. The van der Waals surface area contributed by atoms with E-state index in [4.69, 9.17) is 0 Å². The standard InChI is InChI=1S/C42H27N.3Y/c1-4-10-34(11-5-1)16-19-37-22-28-40(29-23-37)43(41-30-24-38(25-31-41)20-17-35-12-6-2-7-13-35)42-32-26-39(27-33-42)21-18-36-14-8-3-9-15-36;;;/h1-27H;;;/q-6;;;/b19-16+,20-17+,21-18+;;;. The zero-order chi connectivity index (χ0) is 29.1. The van der Waals surface area contributed by atoms with Gasteiger partial charge in [-0.1, -0.05) is 109 Å². The summed E-state index contributed by atoms with van der Waals surface area (Å²) in [5.41, 5.74) is 8.66. The summed E-state index contributed by atoms with van der Waals surface area (Å²) in [6.07, 6.45) is 12.4. The van der Waals surface area contributed by atoms with Crippen LogP contribution in [0, 0.1) is 36.4 Å². The van der Waals surface area contributed by atoms with Gasteiger partial charge in [0.2, 0.25) is 0 Å². The molecule has 0 N–H and O–H groups in total. The van der Waals surface area contributed by atoms with Crippen molar-refractivity contribution in [1.82, 2.24) is 0 Å². The van der Waals surface area contributed by atoms with Crippen LogP contribution in [0.3, 0.4) is 0 Å². The third kappa shape index (κ3) is 11.1. The minimum atomic E-state index is 0. The molecular formula is C42H27NY3-6. The Morgan fingerprint density at radius 3 is 0.761 bits per heavy atom. The molecule has 0 aliphatic carbocycles. The van der Waals surface area contributed by atoms with Crippen LogP contribution >= 0.6 is 0 Å². The van der Waals surface area contributed by atoms with Gasteiger partial charge in [0.25, 0.3) is 0 Å². The first kappa shape index (κ1) is 38.1. The molecule has 0 bridgehead atoms. The van der Waals surface area contributed by atoms with E-state index < -0.39 is 0 Å². The second kappa shape index (κ2) is 20.1. The minimum absolute atomic E-state index is 0. The average molecular weight is 812 g/mol. The topological polar surface area (TPSA) is 3.24 Å². The molecule has 0 heterocycles. The van der Waals surface area contributed by atoms with Crippen LogP contribution in [0.15, 0.2) is 127 Å². The second-order valence-corrected chi connectivity index (χ2v) is 9.85. The molecule has 1 nitrogen and oxygen atoms in total. The SMILES string of the molecule is [Y].[Y].[Y].[c-]1cc(/C=C/c2ccccc2)c[c-]c1N(c1[c-]cc(/C=C/c2ccccc2)c[c-]1)c1[c-]cc(/C=C/c2ccccc2)c[c-]1. The molecule has 215 valence electrons. The quantitative estimate of drug-likeness (QED) is 0.104. The van der Waals surface area contributed by atoms with E-state index in [1.807, 2.05) is 95.9 Å². The molecule has 0 saturated heterocycles. The van der Waals surface area contributed by atoms with E-state index in [1.165, 1.54) is 0 Å². The molecule has 0 unspecified atom stereocenters. The molecule has 0 atom stereocenters. The first-order valence-electron chi connectivity index (χ1n) is 14.1. The number of nitrogens with zero attached hydrogens (tertiary/aromatic N) is 1. The Kier molecular flexibility index (Phi) is 16.7. The van der Waals surface area contributed by atoms with E-state index in [2.05, 4.69) is 109 Å². The van der Waals surface area contributed by atoms with Crippen LogP contribution in [-0.2, 0) is 98.1 Å². The number of hydrogen-bond donors (Lipinski definition) is 0. The van der Waals surface area contributed by atoms with Gasteiger partial charge in [0.15, 0.2) is 0 Å². The molecule has 6 rings (SSSR count). The van der Waals surface area contributed by atoms with Crippen LogP contribution in [0.5, 0.6) is 0 Å². The summed E-state index contributed by atoms with van der Waals surface area (Å²) in [4.78, 5) is 1.97. The van der Waals surface area contributed by atoms with Crippen LogP contribution in [0.2, 0.25) is 0 Å². The molecule has 6 aromatic rings. The van der Waals surface area contributed by atoms with Gasteiger partial charge in [-0.3, -0.25) is 53.1 Å². The smallest absolute Gasteiger partial charge is 0 e. The Labute approximate surface area is 349 Å². The minimum Gasteiger partial charge on any atom is -0.452 e. The van der Waals surface area contributed by atoms with E-state index in [0.717, 1.165) is 50.4 Å². The van der Waals surface area contributed by atoms with Crippen molar-refractivity contribution in [3.05, 3.63) is 197 Å². The molecule has 46 heavy (non-hydrogen) atoms. The fourth-order valence-electron chi connectivity index (χ4n) is 4.44. The van der Waals surface area contributed by atoms with Crippen molar-refractivity contribution in [3.63, 3.8) is 0 Å². The molecule has 0 fully saturated rings. The van der Waals surface area contributed by atoms with Crippen LogP contribution in [0.25, 0.3) is 36.5 Å². The fraction of sp³-hybridized carbons (Fsp3) is 0. The van der Waals surface area contributed by atoms with Gasteiger partial charge < -0.3 is 41.3 Å². The summed E-state index contributed by atoms with van der Waals surface area (Å²) in [7, 11) is 0. The zero-order valence-electron chi connectivity index (χ0n) is 25.3. The molecule has 4 heteroatoms. The number of anilines is 3. The molecule has 0 aromatic heterocycles. The molecule has 0 spiro atoms. The number of benzene rings is 6. The molecule has 3 radical (unpaired) electrons. The fourth-order valence-corrected chi connectivity index (χ4v) is 4.44. The number of hydrogen-bond acceptors (Lipinski definition) is 1. The summed E-state index contributed by atoms with van der Waals surface area (Å²) < 4.78 is 0. The van der Waals surface area contributed by atoms with E-state index in [-0.39, 0.29) is 98.1 Å². The van der Waals surface area contributed by atoms with Crippen LogP contribution < -0.4 is 4.90 Å². The van der Waals surface area contributed by atoms with Crippen molar-refractivity contribution < 1.29 is 98.1 Å². The molecular weight excluding hydrogens is 785 g/mol. The van der Waals surface area contributed by atoms with Gasteiger partial charge in [-0.2, -0.15) is 18.2 Å². The monoisotopic (exact) mass is 812 g/mol. The Hall–Kier alpha value is -2.35. The van der Waals surface area contributed by atoms with Crippen LogP contribution in [-0.4, -0.2) is 0 Å². The maximum atomic E-state index is 3.40. The normalized spacial score (nSPS) is 10.7. The molecule has 0 aliphatic heterocycles. The largest absolute Gasteiger partial charge is 0.452 e. The molecule has 0 aliphatic rings. The van der Waals surface area contributed by atoms with Crippen molar-refractivity contribution in [2.24, 2.45) is 0 Å². The third-order valence-corrected chi connectivity index (χ3v) is 6.73. The Balaban J connectivity index is 0.00000192. The van der Waals surface area contributed by atoms with Gasteiger partial charge in [-0.15, -0.1) is 0 Å². The van der Waals surface area contributed by atoms with Crippen molar-refractivity contribution in [3.8, 4) is 0 Å². The first-order valence-corrected chi connectivity index (χ1v) is 14.1. The average Bonchev–Trinajstić information content (AvgIpc) is 3.09. The third-order valence-electron chi connectivity index (χ3n) is 6.73. The van der Waals surface area contributed by atoms with Gasteiger partial charge in [0, 0.05) is 98.1 Å². The van der Waals surface area contributed by atoms with Crippen molar-refractivity contribution in [1.29, 1.82) is 0 Å². The van der Waals surface area contributed by atoms with E-state index in [9.17, 15) is 0 Å². The Bertz CT molecular complexity index is 1590. The first-order chi connectivity index (χ1) is 21.3. The van der Waals surface area contributed by atoms with Crippen molar-refractivity contribution in [2.75, 3.05) is 4.90 Å². The van der Waals surface area contributed by atoms with Gasteiger partial charge in [0.05, 0.1) is 0 Å². The number of rotatable bonds is 9. The zero-order valence-corrected chi connectivity index (χ0v) is 33.8. The van der Waals surface area contributed by atoms with Crippen molar-refractivity contribution >= 4 is 53.5 Å². The van der Waals surface area contributed by atoms with Crippen LogP contribution in [0.4, 0.5) is 17.1 Å². The van der Waals surface area contributed by atoms with Gasteiger partial charge in [-0.25, -0.2) is 17.1 Å². The van der Waals surface area contributed by atoms with Crippen LogP contribution in [0.1, 0.15) is 33.4 Å². The van der Waals surface area contributed by atoms with Gasteiger partial charge in [0.1, 0.15) is 0 Å².